The SMILES string of the molecule is c1ccc(-c2ccc(N(c3ccc4ccccc4c3)c3ccc4c5c(c6ccccc6c4c3)OC(c3ccccc3)N5)cc2)cc1. The molecule has 9 rings (SSSR count). The van der Waals surface area contributed by atoms with Crippen LogP contribution in [0.1, 0.15) is 11.8 Å². The van der Waals surface area contributed by atoms with Crippen molar-refractivity contribution in [3.63, 3.8) is 0 Å². The van der Waals surface area contributed by atoms with Crippen LogP contribution < -0.4 is 15.0 Å². The second-order valence-corrected chi connectivity index (χ2v) is 11.8. The Hall–Kier alpha value is -6.06. The molecule has 0 aromatic heterocycles. The van der Waals surface area contributed by atoms with Crippen LogP contribution in [-0.4, -0.2) is 0 Å². The van der Waals surface area contributed by atoms with Gasteiger partial charge in [0.2, 0.25) is 0 Å². The van der Waals surface area contributed by atoms with Crippen LogP contribution in [0.4, 0.5) is 22.7 Å². The lowest BCUT2D eigenvalue weighted by Gasteiger charge is -2.27. The molecule has 0 saturated heterocycles. The van der Waals surface area contributed by atoms with Gasteiger partial charge in [-0.3, -0.25) is 0 Å². The average Bonchev–Trinajstić information content (AvgIpc) is 3.59. The first kappa shape index (κ1) is 26.4. The van der Waals surface area contributed by atoms with Gasteiger partial charge < -0.3 is 15.0 Å². The predicted octanol–water partition coefficient (Wildman–Crippen LogP) is 11.8. The standard InChI is InChI=1S/C43H30N2O/c1-3-11-29(12-4-1)31-19-22-34(23-20-31)45(35-24-21-30-13-7-8-16-33(30)27-35)36-25-26-38-40(28-36)37-17-9-10-18-39(37)42-41(38)44-43(46-42)32-14-5-2-6-15-32/h1-28,43-44H. The number of anilines is 4. The Balaban J connectivity index is 1.22. The van der Waals surface area contributed by atoms with Crippen molar-refractivity contribution in [1.29, 1.82) is 0 Å². The highest BCUT2D eigenvalue weighted by Crippen LogP contribution is 2.50. The fourth-order valence-electron chi connectivity index (χ4n) is 6.81. The smallest absolute Gasteiger partial charge is 0.196 e. The summed E-state index contributed by atoms with van der Waals surface area (Å²) in [6.07, 6.45) is -0.234. The summed E-state index contributed by atoms with van der Waals surface area (Å²) in [6.45, 7) is 0. The van der Waals surface area contributed by atoms with Crippen molar-refractivity contribution in [2.24, 2.45) is 0 Å². The van der Waals surface area contributed by atoms with E-state index in [0.717, 1.165) is 44.8 Å². The molecule has 1 aliphatic heterocycles. The summed E-state index contributed by atoms with van der Waals surface area (Å²) in [7, 11) is 0. The Morgan fingerprint density at radius 2 is 1.04 bits per heavy atom. The van der Waals surface area contributed by atoms with Gasteiger partial charge in [-0.2, -0.15) is 0 Å². The van der Waals surface area contributed by atoms with Crippen molar-refractivity contribution in [3.8, 4) is 16.9 Å². The number of nitrogens with zero attached hydrogens (tertiary/aromatic N) is 1. The Kier molecular flexibility index (Phi) is 6.20. The molecular weight excluding hydrogens is 560 g/mol. The lowest BCUT2D eigenvalue weighted by molar-refractivity contribution is 0.262. The van der Waals surface area contributed by atoms with Crippen LogP contribution in [0.15, 0.2) is 170 Å². The maximum atomic E-state index is 6.60. The van der Waals surface area contributed by atoms with Gasteiger partial charge in [-0.25, -0.2) is 0 Å². The number of hydrogen-bond acceptors (Lipinski definition) is 3. The summed E-state index contributed by atoms with van der Waals surface area (Å²) in [4.78, 5) is 2.36. The molecule has 0 bridgehead atoms. The molecule has 3 nitrogen and oxygen atoms in total. The zero-order valence-corrected chi connectivity index (χ0v) is 25.1. The van der Waals surface area contributed by atoms with Gasteiger partial charge in [0, 0.05) is 33.4 Å². The lowest BCUT2D eigenvalue weighted by atomic mass is 9.98. The minimum atomic E-state index is -0.234. The molecular formula is C43H30N2O. The zero-order valence-electron chi connectivity index (χ0n) is 25.1. The third-order valence-electron chi connectivity index (χ3n) is 9.06. The zero-order chi connectivity index (χ0) is 30.5. The minimum Gasteiger partial charge on any atom is -0.464 e. The minimum absolute atomic E-state index is 0.234. The van der Waals surface area contributed by atoms with Crippen molar-refractivity contribution in [2.75, 3.05) is 10.2 Å². The molecule has 0 spiro atoms. The second-order valence-electron chi connectivity index (χ2n) is 11.8. The normalized spacial score (nSPS) is 13.8. The van der Waals surface area contributed by atoms with E-state index in [0.29, 0.717) is 0 Å². The predicted molar refractivity (Wildman–Crippen MR) is 193 cm³/mol. The molecule has 8 aromatic rings. The molecule has 3 heteroatoms. The summed E-state index contributed by atoms with van der Waals surface area (Å²) in [5, 5.41) is 10.8. The molecule has 1 N–H and O–H groups in total. The lowest BCUT2D eigenvalue weighted by Crippen LogP contribution is -2.10. The van der Waals surface area contributed by atoms with Crippen LogP contribution in [0.25, 0.3) is 43.4 Å². The number of rotatable bonds is 5. The first-order valence-electron chi connectivity index (χ1n) is 15.7. The van der Waals surface area contributed by atoms with Crippen LogP contribution >= 0.6 is 0 Å². The summed E-state index contributed by atoms with van der Waals surface area (Å²) >= 11 is 0. The number of fused-ring (bicyclic) bond motifs is 7. The van der Waals surface area contributed by atoms with E-state index in [1.807, 2.05) is 6.07 Å². The third kappa shape index (κ3) is 4.44. The molecule has 0 saturated carbocycles. The molecule has 0 amide bonds. The first-order chi connectivity index (χ1) is 22.8. The Bertz CT molecular complexity index is 2370. The van der Waals surface area contributed by atoms with Crippen molar-refractivity contribution in [3.05, 3.63) is 175 Å². The van der Waals surface area contributed by atoms with E-state index in [4.69, 9.17) is 4.74 Å². The second kappa shape index (κ2) is 10.8. The molecule has 1 heterocycles. The largest absolute Gasteiger partial charge is 0.464 e. The van der Waals surface area contributed by atoms with E-state index in [1.54, 1.807) is 0 Å². The molecule has 8 aromatic carbocycles. The van der Waals surface area contributed by atoms with Gasteiger partial charge in [0.1, 0.15) is 0 Å². The molecule has 1 aliphatic rings. The van der Waals surface area contributed by atoms with Crippen LogP contribution in [0, 0.1) is 0 Å². The maximum absolute atomic E-state index is 6.60. The van der Waals surface area contributed by atoms with Gasteiger partial charge in [-0.1, -0.05) is 133 Å². The quantitative estimate of drug-likeness (QED) is 0.202. The van der Waals surface area contributed by atoms with Crippen LogP contribution in [0.5, 0.6) is 5.75 Å². The number of benzene rings is 8. The van der Waals surface area contributed by atoms with Crippen molar-refractivity contribution in [1.82, 2.24) is 0 Å². The topological polar surface area (TPSA) is 24.5 Å². The monoisotopic (exact) mass is 590 g/mol. The molecule has 1 atom stereocenters. The Morgan fingerprint density at radius 3 is 1.85 bits per heavy atom. The van der Waals surface area contributed by atoms with Gasteiger partial charge in [-0.05, 0) is 69.1 Å². The number of nitrogens with one attached hydrogen (secondary N) is 1. The highest BCUT2D eigenvalue weighted by atomic mass is 16.5. The first-order valence-corrected chi connectivity index (χ1v) is 15.7. The van der Waals surface area contributed by atoms with E-state index >= 15 is 0 Å². The van der Waals surface area contributed by atoms with Gasteiger partial charge >= 0.3 is 0 Å². The summed E-state index contributed by atoms with van der Waals surface area (Å²) in [5.74, 6) is 0.910. The Labute approximate surface area is 267 Å². The van der Waals surface area contributed by atoms with Gasteiger partial charge in [-0.15, -0.1) is 0 Å². The van der Waals surface area contributed by atoms with Crippen molar-refractivity contribution in [2.45, 2.75) is 6.23 Å². The van der Waals surface area contributed by atoms with E-state index in [1.165, 1.54) is 32.7 Å². The van der Waals surface area contributed by atoms with Crippen LogP contribution in [0.2, 0.25) is 0 Å². The van der Waals surface area contributed by atoms with Crippen molar-refractivity contribution < 1.29 is 4.74 Å². The molecule has 1 unspecified atom stereocenters. The van der Waals surface area contributed by atoms with Gasteiger partial charge in [0.25, 0.3) is 0 Å². The fraction of sp³-hybridized carbons (Fsp3) is 0.0233. The maximum Gasteiger partial charge on any atom is 0.196 e. The summed E-state index contributed by atoms with van der Waals surface area (Å²) in [5.41, 5.74) is 7.86. The van der Waals surface area contributed by atoms with E-state index in [-0.39, 0.29) is 6.23 Å². The van der Waals surface area contributed by atoms with Gasteiger partial charge in [0.05, 0.1) is 5.69 Å². The average molecular weight is 591 g/mol. The molecule has 218 valence electrons. The third-order valence-corrected chi connectivity index (χ3v) is 9.06. The molecule has 0 aliphatic carbocycles. The van der Waals surface area contributed by atoms with E-state index in [9.17, 15) is 0 Å². The Morgan fingerprint density at radius 1 is 0.435 bits per heavy atom. The molecule has 0 radical (unpaired) electrons. The van der Waals surface area contributed by atoms with Crippen LogP contribution in [0.3, 0.4) is 0 Å². The van der Waals surface area contributed by atoms with Crippen molar-refractivity contribution >= 4 is 55.1 Å². The van der Waals surface area contributed by atoms with Crippen LogP contribution in [-0.2, 0) is 0 Å². The van der Waals surface area contributed by atoms with E-state index in [2.05, 4.69) is 174 Å². The van der Waals surface area contributed by atoms with Gasteiger partial charge in [0.15, 0.2) is 12.0 Å². The molecule has 46 heavy (non-hydrogen) atoms. The highest BCUT2D eigenvalue weighted by molar-refractivity contribution is 6.18. The van der Waals surface area contributed by atoms with E-state index < -0.39 is 0 Å². The molecule has 0 fully saturated rings. The fourth-order valence-corrected chi connectivity index (χ4v) is 6.81. The number of ether oxygens (including phenoxy) is 1. The summed E-state index contributed by atoms with van der Waals surface area (Å²) in [6, 6.07) is 60.4. The number of hydrogen-bond donors (Lipinski definition) is 1. The summed E-state index contributed by atoms with van der Waals surface area (Å²) < 4.78 is 6.60. The highest BCUT2D eigenvalue weighted by Gasteiger charge is 2.28.